The van der Waals surface area contributed by atoms with Crippen LogP contribution in [0.5, 0.6) is 0 Å². The van der Waals surface area contributed by atoms with Gasteiger partial charge in [-0.1, -0.05) is 56.2 Å². The first-order valence-electron chi connectivity index (χ1n) is 10.5. The van der Waals surface area contributed by atoms with Crippen molar-refractivity contribution >= 4 is 16.7 Å². The van der Waals surface area contributed by atoms with Gasteiger partial charge < -0.3 is 4.74 Å². The Hall–Kier alpha value is -1.83. The molecule has 1 fully saturated rings. The van der Waals surface area contributed by atoms with E-state index in [0.29, 0.717) is 0 Å². The molecule has 0 radical (unpaired) electrons. The topological polar surface area (TPSA) is 26.3 Å². The van der Waals surface area contributed by atoms with Crippen LogP contribution in [0.4, 0.5) is 0 Å². The van der Waals surface area contributed by atoms with Gasteiger partial charge in [-0.2, -0.15) is 0 Å². The predicted molar refractivity (Wildman–Crippen MR) is 113 cm³/mol. The first-order chi connectivity index (χ1) is 12.8. The number of benzene rings is 2. The Morgan fingerprint density at radius 1 is 1.07 bits per heavy atom. The van der Waals surface area contributed by atoms with Gasteiger partial charge in [0.05, 0.1) is 5.92 Å². The lowest BCUT2D eigenvalue weighted by Crippen LogP contribution is -2.32. The second-order valence-electron chi connectivity index (χ2n) is 8.99. The molecule has 1 atom stereocenters. The van der Waals surface area contributed by atoms with Crippen molar-refractivity contribution in [2.24, 2.45) is 17.8 Å². The maximum atomic E-state index is 12.8. The maximum Gasteiger partial charge on any atom is 0.309 e. The number of hydrogen-bond acceptors (Lipinski definition) is 2. The summed E-state index contributed by atoms with van der Waals surface area (Å²) in [4.78, 5) is 12.8. The molecule has 1 saturated carbocycles. The average molecular weight is 367 g/mol. The van der Waals surface area contributed by atoms with E-state index in [-0.39, 0.29) is 11.9 Å². The number of hydrogen-bond donors (Lipinski definition) is 0. The number of carbonyl (C=O) groups excluding carboxylic acids is 1. The Labute approximate surface area is 164 Å². The summed E-state index contributed by atoms with van der Waals surface area (Å²) >= 11 is 0. The third kappa shape index (κ3) is 4.54. The summed E-state index contributed by atoms with van der Waals surface area (Å²) in [5.74, 6) is 1.58. The molecule has 0 aliphatic heterocycles. The lowest BCUT2D eigenvalue weighted by atomic mass is 9.75. The van der Waals surface area contributed by atoms with Crippen LogP contribution < -0.4 is 0 Å². The van der Waals surface area contributed by atoms with E-state index < -0.39 is 5.60 Å². The van der Waals surface area contributed by atoms with E-state index in [4.69, 9.17) is 4.74 Å². The molecular formula is C25H34O2. The second-order valence-corrected chi connectivity index (χ2v) is 8.99. The molecule has 2 aromatic rings. The van der Waals surface area contributed by atoms with Gasteiger partial charge in [0.2, 0.25) is 0 Å². The molecule has 1 unspecified atom stereocenters. The average Bonchev–Trinajstić information content (AvgIpc) is 2.66. The lowest BCUT2D eigenvalue weighted by Gasteiger charge is -2.33. The molecule has 0 amide bonds. The molecule has 3 rings (SSSR count). The maximum absolute atomic E-state index is 12.8. The van der Waals surface area contributed by atoms with Gasteiger partial charge in [-0.15, -0.1) is 0 Å². The molecule has 2 aromatic carbocycles. The number of fused-ring (bicyclic) bond motifs is 1. The van der Waals surface area contributed by atoms with Crippen LogP contribution in [-0.2, 0) is 15.1 Å². The Morgan fingerprint density at radius 3 is 2.37 bits per heavy atom. The van der Waals surface area contributed by atoms with E-state index in [1.54, 1.807) is 0 Å². The van der Waals surface area contributed by atoms with Gasteiger partial charge in [0.15, 0.2) is 0 Å². The molecule has 0 aromatic heterocycles. The van der Waals surface area contributed by atoms with E-state index >= 15 is 0 Å². The fourth-order valence-electron chi connectivity index (χ4n) is 4.39. The smallest absolute Gasteiger partial charge is 0.309 e. The highest BCUT2D eigenvalue weighted by Crippen LogP contribution is 2.37. The van der Waals surface area contributed by atoms with Crippen molar-refractivity contribution < 1.29 is 9.53 Å². The molecule has 1 aliphatic rings. The van der Waals surface area contributed by atoms with E-state index in [0.717, 1.165) is 43.1 Å². The highest BCUT2D eigenvalue weighted by atomic mass is 16.6. The molecule has 0 spiro atoms. The standard InChI is InChI=1S/C25H34O2/c1-6-18(3)19-9-11-20(12-10-19)24(26)27-25(4,5)23-14-13-21-15-17(2)7-8-22(21)16-23/h7-8,13-16,18-20H,6,9-12H2,1-5H3. The second kappa shape index (κ2) is 8.04. The van der Waals surface area contributed by atoms with Gasteiger partial charge in [0.1, 0.15) is 5.60 Å². The van der Waals surface area contributed by atoms with Crippen molar-refractivity contribution in [1.29, 1.82) is 0 Å². The fraction of sp³-hybridized carbons (Fsp3) is 0.560. The number of esters is 1. The first-order valence-corrected chi connectivity index (χ1v) is 10.5. The largest absolute Gasteiger partial charge is 0.455 e. The third-order valence-electron chi connectivity index (χ3n) is 6.60. The number of ether oxygens (including phenoxy) is 1. The molecule has 146 valence electrons. The number of aryl methyl sites for hydroxylation is 1. The zero-order chi connectivity index (χ0) is 19.6. The van der Waals surface area contributed by atoms with Crippen LogP contribution in [0.1, 0.15) is 70.9 Å². The summed E-state index contributed by atoms with van der Waals surface area (Å²) in [5, 5.41) is 2.42. The number of rotatable bonds is 5. The van der Waals surface area contributed by atoms with Crippen LogP contribution >= 0.6 is 0 Å². The molecule has 0 bridgehead atoms. The van der Waals surface area contributed by atoms with Crippen molar-refractivity contribution in [2.75, 3.05) is 0 Å². The van der Waals surface area contributed by atoms with Gasteiger partial charge in [-0.25, -0.2) is 0 Å². The quantitative estimate of drug-likeness (QED) is 0.545. The Bertz CT molecular complexity index is 797. The summed E-state index contributed by atoms with van der Waals surface area (Å²) in [7, 11) is 0. The lowest BCUT2D eigenvalue weighted by molar-refractivity contribution is -0.164. The van der Waals surface area contributed by atoms with Crippen molar-refractivity contribution in [2.45, 2.75) is 72.3 Å². The van der Waals surface area contributed by atoms with E-state index in [2.05, 4.69) is 57.2 Å². The zero-order valence-corrected chi connectivity index (χ0v) is 17.5. The van der Waals surface area contributed by atoms with Crippen LogP contribution in [0.25, 0.3) is 10.8 Å². The van der Waals surface area contributed by atoms with Crippen LogP contribution in [0, 0.1) is 24.7 Å². The molecule has 1 aliphatic carbocycles. The Kier molecular flexibility index (Phi) is 5.93. The van der Waals surface area contributed by atoms with Crippen molar-refractivity contribution in [3.63, 3.8) is 0 Å². The van der Waals surface area contributed by atoms with Gasteiger partial charge in [-0.3, -0.25) is 4.79 Å². The normalized spacial score (nSPS) is 21.8. The van der Waals surface area contributed by atoms with Crippen LogP contribution in [-0.4, -0.2) is 5.97 Å². The molecule has 2 heteroatoms. The predicted octanol–water partition coefficient (Wildman–Crippen LogP) is 6.78. The van der Waals surface area contributed by atoms with Crippen molar-refractivity contribution in [1.82, 2.24) is 0 Å². The molecule has 0 N–H and O–H groups in total. The minimum Gasteiger partial charge on any atom is -0.455 e. The van der Waals surface area contributed by atoms with E-state index in [1.807, 2.05) is 13.8 Å². The van der Waals surface area contributed by atoms with Crippen LogP contribution in [0.2, 0.25) is 0 Å². The van der Waals surface area contributed by atoms with E-state index in [1.165, 1.54) is 22.8 Å². The van der Waals surface area contributed by atoms with Crippen molar-refractivity contribution in [3.05, 3.63) is 47.5 Å². The Morgan fingerprint density at radius 2 is 1.70 bits per heavy atom. The van der Waals surface area contributed by atoms with Gasteiger partial charge in [0.25, 0.3) is 0 Å². The first kappa shape index (κ1) is 19.9. The van der Waals surface area contributed by atoms with Crippen LogP contribution in [0.15, 0.2) is 36.4 Å². The summed E-state index contributed by atoms with van der Waals surface area (Å²) in [6.07, 6.45) is 5.49. The van der Waals surface area contributed by atoms with Crippen molar-refractivity contribution in [3.8, 4) is 0 Å². The van der Waals surface area contributed by atoms with Gasteiger partial charge in [-0.05, 0) is 80.7 Å². The Balaban J connectivity index is 1.67. The summed E-state index contributed by atoms with van der Waals surface area (Å²) in [6, 6.07) is 12.8. The molecular weight excluding hydrogens is 332 g/mol. The summed E-state index contributed by atoms with van der Waals surface area (Å²) in [5.41, 5.74) is 1.71. The highest BCUT2D eigenvalue weighted by molar-refractivity contribution is 5.84. The minimum absolute atomic E-state index is 0.0217. The summed E-state index contributed by atoms with van der Waals surface area (Å²) in [6.45, 7) is 10.7. The molecule has 2 nitrogen and oxygen atoms in total. The fourth-order valence-corrected chi connectivity index (χ4v) is 4.39. The highest BCUT2D eigenvalue weighted by Gasteiger charge is 2.33. The molecule has 0 heterocycles. The van der Waals surface area contributed by atoms with E-state index in [9.17, 15) is 4.79 Å². The zero-order valence-electron chi connectivity index (χ0n) is 17.5. The minimum atomic E-state index is -0.607. The third-order valence-corrected chi connectivity index (χ3v) is 6.60. The van der Waals surface area contributed by atoms with Crippen LogP contribution in [0.3, 0.4) is 0 Å². The van der Waals surface area contributed by atoms with Gasteiger partial charge in [0, 0.05) is 0 Å². The monoisotopic (exact) mass is 366 g/mol. The summed E-state index contributed by atoms with van der Waals surface area (Å²) < 4.78 is 6.02. The SMILES string of the molecule is CCC(C)C1CCC(C(=O)OC(C)(C)c2ccc3cc(C)ccc3c2)CC1. The molecule has 0 saturated heterocycles. The number of carbonyl (C=O) groups is 1. The molecule has 27 heavy (non-hydrogen) atoms. The van der Waals surface area contributed by atoms with Gasteiger partial charge >= 0.3 is 5.97 Å².